The SMILES string of the molecule is Cc1cc(C2=CC(c3ccco3)N(C(=O)c3ccncc3)N2)ccc1O. The van der Waals surface area contributed by atoms with Crippen molar-refractivity contribution < 1.29 is 14.3 Å². The van der Waals surface area contributed by atoms with Gasteiger partial charge in [0.05, 0.1) is 12.0 Å². The van der Waals surface area contributed by atoms with Gasteiger partial charge < -0.3 is 9.52 Å². The Labute approximate surface area is 150 Å². The molecule has 0 saturated carbocycles. The van der Waals surface area contributed by atoms with E-state index in [-0.39, 0.29) is 17.7 Å². The van der Waals surface area contributed by atoms with Crippen molar-refractivity contribution in [2.75, 3.05) is 0 Å². The molecular formula is C20H17N3O3. The zero-order valence-corrected chi connectivity index (χ0v) is 14.1. The molecule has 0 fully saturated rings. The van der Waals surface area contributed by atoms with Crippen molar-refractivity contribution in [3.8, 4) is 5.75 Å². The van der Waals surface area contributed by atoms with Crippen molar-refractivity contribution in [1.29, 1.82) is 0 Å². The Morgan fingerprint density at radius 3 is 2.73 bits per heavy atom. The second kappa shape index (κ2) is 6.40. The summed E-state index contributed by atoms with van der Waals surface area (Å²) in [5.41, 5.74) is 6.12. The summed E-state index contributed by atoms with van der Waals surface area (Å²) < 4.78 is 5.53. The molecule has 4 rings (SSSR count). The topological polar surface area (TPSA) is 78.6 Å². The van der Waals surface area contributed by atoms with Gasteiger partial charge in [0.2, 0.25) is 0 Å². The molecule has 26 heavy (non-hydrogen) atoms. The van der Waals surface area contributed by atoms with Gasteiger partial charge in [0.25, 0.3) is 5.91 Å². The normalized spacial score (nSPS) is 16.3. The number of benzene rings is 1. The lowest BCUT2D eigenvalue weighted by molar-refractivity contribution is 0.0654. The minimum atomic E-state index is -0.380. The Morgan fingerprint density at radius 2 is 2.04 bits per heavy atom. The van der Waals surface area contributed by atoms with Gasteiger partial charge in [0.15, 0.2) is 0 Å². The van der Waals surface area contributed by atoms with Gasteiger partial charge in [-0.15, -0.1) is 0 Å². The number of amides is 1. The highest BCUT2D eigenvalue weighted by molar-refractivity contribution is 5.95. The summed E-state index contributed by atoms with van der Waals surface area (Å²) in [6.07, 6.45) is 6.69. The Kier molecular flexibility index (Phi) is 3.93. The number of pyridine rings is 1. The summed E-state index contributed by atoms with van der Waals surface area (Å²) in [7, 11) is 0. The quantitative estimate of drug-likeness (QED) is 0.759. The van der Waals surface area contributed by atoms with Crippen molar-refractivity contribution >= 4 is 11.6 Å². The van der Waals surface area contributed by atoms with E-state index in [0.29, 0.717) is 11.3 Å². The number of nitrogens with zero attached hydrogens (tertiary/aromatic N) is 2. The van der Waals surface area contributed by atoms with Gasteiger partial charge in [0.1, 0.15) is 17.6 Å². The molecule has 0 aliphatic carbocycles. The van der Waals surface area contributed by atoms with Crippen LogP contribution in [0, 0.1) is 6.92 Å². The van der Waals surface area contributed by atoms with Crippen molar-refractivity contribution in [3.63, 3.8) is 0 Å². The van der Waals surface area contributed by atoms with Crippen LogP contribution in [0.2, 0.25) is 0 Å². The van der Waals surface area contributed by atoms with Gasteiger partial charge in [-0.25, -0.2) is 5.01 Å². The number of aryl methyl sites for hydroxylation is 1. The summed E-state index contributed by atoms with van der Waals surface area (Å²) >= 11 is 0. The molecule has 1 aromatic carbocycles. The van der Waals surface area contributed by atoms with E-state index in [1.165, 1.54) is 5.01 Å². The minimum Gasteiger partial charge on any atom is -0.508 e. The second-order valence-electron chi connectivity index (χ2n) is 6.06. The number of phenolic OH excluding ortho intramolecular Hbond substituents is 1. The maximum atomic E-state index is 13.0. The number of carbonyl (C=O) groups excluding carboxylic acids is 1. The van der Waals surface area contributed by atoms with E-state index in [1.54, 1.807) is 49.0 Å². The summed E-state index contributed by atoms with van der Waals surface area (Å²) in [5, 5.41) is 11.3. The average molecular weight is 347 g/mol. The third-order valence-electron chi connectivity index (χ3n) is 4.33. The van der Waals surface area contributed by atoms with E-state index in [9.17, 15) is 9.90 Å². The molecule has 1 aliphatic heterocycles. The van der Waals surface area contributed by atoms with Crippen LogP contribution in [-0.2, 0) is 0 Å². The third-order valence-corrected chi connectivity index (χ3v) is 4.33. The number of hydrogen-bond acceptors (Lipinski definition) is 5. The molecule has 1 unspecified atom stereocenters. The number of hydrazine groups is 1. The van der Waals surface area contributed by atoms with Crippen LogP contribution in [0.15, 0.2) is 71.6 Å². The highest BCUT2D eigenvalue weighted by Gasteiger charge is 2.33. The van der Waals surface area contributed by atoms with Crippen LogP contribution in [0.5, 0.6) is 5.75 Å². The molecular weight excluding hydrogens is 330 g/mol. The molecule has 0 spiro atoms. The van der Waals surface area contributed by atoms with E-state index in [4.69, 9.17) is 4.42 Å². The first-order chi connectivity index (χ1) is 12.6. The Morgan fingerprint density at radius 1 is 1.23 bits per heavy atom. The van der Waals surface area contributed by atoms with Crippen LogP contribution in [-0.4, -0.2) is 21.0 Å². The van der Waals surface area contributed by atoms with Gasteiger partial charge in [-0.1, -0.05) is 0 Å². The largest absolute Gasteiger partial charge is 0.508 e. The Hall–Kier alpha value is -3.54. The maximum Gasteiger partial charge on any atom is 0.273 e. The van der Waals surface area contributed by atoms with E-state index < -0.39 is 0 Å². The van der Waals surface area contributed by atoms with E-state index in [2.05, 4.69) is 10.4 Å². The van der Waals surface area contributed by atoms with Crippen molar-refractivity contribution in [2.24, 2.45) is 0 Å². The number of aromatic hydroxyl groups is 1. The highest BCUT2D eigenvalue weighted by Crippen LogP contribution is 2.33. The molecule has 1 atom stereocenters. The predicted molar refractivity (Wildman–Crippen MR) is 95.8 cm³/mol. The van der Waals surface area contributed by atoms with Crippen LogP contribution < -0.4 is 5.43 Å². The van der Waals surface area contributed by atoms with Crippen molar-refractivity contribution in [2.45, 2.75) is 13.0 Å². The summed E-state index contributed by atoms with van der Waals surface area (Å²) in [4.78, 5) is 16.9. The Balaban J connectivity index is 1.71. The molecule has 1 aliphatic rings. The molecule has 1 amide bonds. The molecule has 6 heteroatoms. The second-order valence-corrected chi connectivity index (χ2v) is 6.06. The lowest BCUT2D eigenvalue weighted by Crippen LogP contribution is -2.39. The van der Waals surface area contributed by atoms with E-state index in [1.807, 2.05) is 25.1 Å². The van der Waals surface area contributed by atoms with Crippen LogP contribution >= 0.6 is 0 Å². The lowest BCUT2D eigenvalue weighted by Gasteiger charge is -2.24. The third kappa shape index (κ3) is 2.82. The first-order valence-corrected chi connectivity index (χ1v) is 8.19. The molecule has 3 heterocycles. The monoisotopic (exact) mass is 347 g/mol. The highest BCUT2D eigenvalue weighted by atomic mass is 16.3. The summed E-state index contributed by atoms with van der Waals surface area (Å²) in [6, 6.07) is 11.9. The van der Waals surface area contributed by atoms with Gasteiger partial charge in [-0.3, -0.25) is 15.2 Å². The molecule has 2 aromatic heterocycles. The number of furan rings is 1. The number of phenols is 1. The zero-order valence-electron chi connectivity index (χ0n) is 14.1. The number of nitrogens with one attached hydrogen (secondary N) is 1. The number of carbonyl (C=O) groups is 1. The molecule has 130 valence electrons. The average Bonchev–Trinajstić information content (AvgIpc) is 3.33. The fourth-order valence-electron chi connectivity index (χ4n) is 2.93. The van der Waals surface area contributed by atoms with Gasteiger partial charge >= 0.3 is 0 Å². The van der Waals surface area contributed by atoms with Crippen LogP contribution in [0.4, 0.5) is 0 Å². The van der Waals surface area contributed by atoms with Gasteiger partial charge in [-0.2, -0.15) is 0 Å². The van der Waals surface area contributed by atoms with E-state index in [0.717, 1.165) is 16.8 Å². The number of rotatable bonds is 3. The van der Waals surface area contributed by atoms with Crippen LogP contribution in [0.1, 0.15) is 33.3 Å². The zero-order chi connectivity index (χ0) is 18.1. The first-order valence-electron chi connectivity index (χ1n) is 8.19. The fourth-order valence-corrected chi connectivity index (χ4v) is 2.93. The lowest BCUT2D eigenvalue weighted by atomic mass is 10.1. The van der Waals surface area contributed by atoms with E-state index >= 15 is 0 Å². The maximum absolute atomic E-state index is 13.0. The molecule has 2 N–H and O–H groups in total. The molecule has 3 aromatic rings. The molecule has 6 nitrogen and oxygen atoms in total. The fraction of sp³-hybridized carbons (Fsp3) is 0.100. The standard InChI is InChI=1S/C20H17N3O3/c1-13-11-15(4-5-18(13)24)16-12-17(19-3-2-10-26-19)23(22-16)20(25)14-6-8-21-9-7-14/h2-12,17,22,24H,1H3. The summed E-state index contributed by atoms with van der Waals surface area (Å²) in [6.45, 7) is 1.83. The first kappa shape index (κ1) is 16.0. The number of aromatic nitrogens is 1. The minimum absolute atomic E-state index is 0.185. The number of hydrogen-bond donors (Lipinski definition) is 2. The smallest absolute Gasteiger partial charge is 0.273 e. The van der Waals surface area contributed by atoms with Crippen LogP contribution in [0.25, 0.3) is 5.70 Å². The van der Waals surface area contributed by atoms with Gasteiger partial charge in [-0.05, 0) is 66.6 Å². The van der Waals surface area contributed by atoms with Crippen molar-refractivity contribution in [3.05, 3.63) is 89.6 Å². The summed E-state index contributed by atoms with van der Waals surface area (Å²) in [5.74, 6) is 0.709. The van der Waals surface area contributed by atoms with Crippen molar-refractivity contribution in [1.82, 2.24) is 15.4 Å². The van der Waals surface area contributed by atoms with Crippen LogP contribution in [0.3, 0.4) is 0 Å². The molecule has 0 radical (unpaired) electrons. The predicted octanol–water partition coefficient (Wildman–Crippen LogP) is 3.43. The van der Waals surface area contributed by atoms with Gasteiger partial charge in [0, 0.05) is 18.0 Å². The molecule has 0 bridgehead atoms. The molecule has 0 saturated heterocycles. The Bertz CT molecular complexity index is 965.